The zero-order valence-electron chi connectivity index (χ0n) is 19.8. The molecule has 2 aromatic rings. The summed E-state index contributed by atoms with van der Waals surface area (Å²) in [5.41, 5.74) is 3.98. The standard InChI is InChI=1S/C26H34ClN3O3/c1-20(2)33-17-16-30(25(31)18-27)24-10-8-22(9-11-24)26(32)29-14-12-28(13-15-29)19-23-7-5-4-6-21(23)3/h4-11,20H,12-19H2,1-3H3. The number of alkyl halides is 1. The summed E-state index contributed by atoms with van der Waals surface area (Å²) in [6, 6.07) is 15.6. The Labute approximate surface area is 202 Å². The summed E-state index contributed by atoms with van der Waals surface area (Å²) in [5.74, 6) is -0.266. The fourth-order valence-electron chi connectivity index (χ4n) is 3.95. The summed E-state index contributed by atoms with van der Waals surface area (Å²) < 4.78 is 5.58. The number of aryl methyl sites for hydroxylation is 1. The number of carbonyl (C=O) groups excluding carboxylic acids is 2. The van der Waals surface area contributed by atoms with Crippen LogP contribution in [-0.4, -0.2) is 72.9 Å². The molecule has 178 valence electrons. The van der Waals surface area contributed by atoms with Gasteiger partial charge in [0.05, 0.1) is 12.7 Å². The highest BCUT2D eigenvalue weighted by atomic mass is 35.5. The molecule has 0 bridgehead atoms. The van der Waals surface area contributed by atoms with Gasteiger partial charge in [-0.25, -0.2) is 0 Å². The predicted molar refractivity (Wildman–Crippen MR) is 133 cm³/mol. The molecular weight excluding hydrogens is 438 g/mol. The predicted octanol–water partition coefficient (Wildman–Crippen LogP) is 3.95. The van der Waals surface area contributed by atoms with E-state index in [1.807, 2.05) is 30.9 Å². The van der Waals surface area contributed by atoms with Crippen molar-refractivity contribution in [3.05, 3.63) is 65.2 Å². The second-order valence-electron chi connectivity index (χ2n) is 8.64. The lowest BCUT2D eigenvalue weighted by molar-refractivity contribution is -0.116. The van der Waals surface area contributed by atoms with E-state index in [1.54, 1.807) is 17.0 Å². The number of carbonyl (C=O) groups is 2. The largest absolute Gasteiger partial charge is 0.377 e. The molecule has 0 unspecified atom stereocenters. The first-order valence-electron chi connectivity index (χ1n) is 11.5. The molecule has 0 N–H and O–H groups in total. The number of rotatable bonds is 9. The van der Waals surface area contributed by atoms with Gasteiger partial charge >= 0.3 is 0 Å². The second-order valence-corrected chi connectivity index (χ2v) is 8.91. The van der Waals surface area contributed by atoms with Crippen molar-refractivity contribution in [2.45, 2.75) is 33.4 Å². The van der Waals surface area contributed by atoms with Gasteiger partial charge in [-0.2, -0.15) is 0 Å². The van der Waals surface area contributed by atoms with Gasteiger partial charge in [0, 0.05) is 50.5 Å². The van der Waals surface area contributed by atoms with Crippen molar-refractivity contribution in [3.8, 4) is 0 Å². The van der Waals surface area contributed by atoms with E-state index in [2.05, 4.69) is 36.1 Å². The lowest BCUT2D eigenvalue weighted by Gasteiger charge is -2.35. The van der Waals surface area contributed by atoms with E-state index in [4.69, 9.17) is 16.3 Å². The van der Waals surface area contributed by atoms with E-state index in [9.17, 15) is 9.59 Å². The van der Waals surface area contributed by atoms with Crippen molar-refractivity contribution >= 4 is 29.1 Å². The third-order valence-corrected chi connectivity index (χ3v) is 6.15. The Bertz CT molecular complexity index is 925. The van der Waals surface area contributed by atoms with Gasteiger partial charge < -0.3 is 14.5 Å². The molecule has 0 aromatic heterocycles. The van der Waals surface area contributed by atoms with Crippen LogP contribution in [-0.2, 0) is 16.1 Å². The van der Waals surface area contributed by atoms with Crippen LogP contribution in [0.2, 0.25) is 0 Å². The van der Waals surface area contributed by atoms with Crippen LogP contribution in [0.3, 0.4) is 0 Å². The molecule has 1 saturated heterocycles. The quantitative estimate of drug-likeness (QED) is 0.520. The molecule has 7 heteroatoms. The topological polar surface area (TPSA) is 53.1 Å². The molecule has 0 atom stereocenters. The van der Waals surface area contributed by atoms with Gasteiger partial charge in [-0.05, 0) is 56.2 Å². The maximum Gasteiger partial charge on any atom is 0.253 e. The SMILES string of the molecule is Cc1ccccc1CN1CCN(C(=O)c2ccc(N(CCOC(C)C)C(=O)CCl)cc2)CC1. The minimum atomic E-state index is -0.187. The molecule has 1 aliphatic rings. The van der Waals surface area contributed by atoms with Gasteiger partial charge in [-0.1, -0.05) is 24.3 Å². The molecule has 33 heavy (non-hydrogen) atoms. The van der Waals surface area contributed by atoms with Crippen molar-refractivity contribution < 1.29 is 14.3 Å². The number of piperazine rings is 1. The Morgan fingerprint density at radius 1 is 1.03 bits per heavy atom. The third-order valence-electron chi connectivity index (χ3n) is 5.92. The fourth-order valence-corrected chi connectivity index (χ4v) is 4.10. The van der Waals surface area contributed by atoms with Crippen molar-refractivity contribution in [1.29, 1.82) is 0 Å². The van der Waals surface area contributed by atoms with Crippen molar-refractivity contribution in [1.82, 2.24) is 9.80 Å². The summed E-state index contributed by atoms with van der Waals surface area (Å²) in [6.45, 7) is 10.9. The average molecular weight is 472 g/mol. The maximum absolute atomic E-state index is 13.0. The minimum absolute atomic E-state index is 0.0236. The van der Waals surface area contributed by atoms with Crippen LogP contribution >= 0.6 is 11.6 Å². The van der Waals surface area contributed by atoms with Crippen LogP contribution in [0.15, 0.2) is 48.5 Å². The molecule has 1 heterocycles. The van der Waals surface area contributed by atoms with E-state index in [0.717, 1.165) is 19.6 Å². The summed E-state index contributed by atoms with van der Waals surface area (Å²) in [6.07, 6.45) is 0.0927. The Hall–Kier alpha value is -2.41. The number of benzene rings is 2. The monoisotopic (exact) mass is 471 g/mol. The van der Waals surface area contributed by atoms with Crippen molar-refractivity contribution in [2.24, 2.45) is 0 Å². The Kier molecular flexibility index (Phi) is 9.30. The first-order valence-corrected chi connectivity index (χ1v) is 12.1. The first kappa shape index (κ1) is 25.2. The highest BCUT2D eigenvalue weighted by Gasteiger charge is 2.23. The van der Waals surface area contributed by atoms with Gasteiger partial charge in [-0.3, -0.25) is 14.5 Å². The second kappa shape index (κ2) is 12.2. The van der Waals surface area contributed by atoms with Crippen LogP contribution in [0.4, 0.5) is 5.69 Å². The minimum Gasteiger partial charge on any atom is -0.377 e. The summed E-state index contributed by atoms with van der Waals surface area (Å²) in [7, 11) is 0. The highest BCUT2D eigenvalue weighted by Crippen LogP contribution is 2.19. The van der Waals surface area contributed by atoms with E-state index >= 15 is 0 Å². The van der Waals surface area contributed by atoms with Gasteiger partial charge in [0.25, 0.3) is 5.91 Å². The van der Waals surface area contributed by atoms with Crippen LogP contribution in [0.25, 0.3) is 0 Å². The maximum atomic E-state index is 13.0. The van der Waals surface area contributed by atoms with Gasteiger partial charge in [0.1, 0.15) is 5.88 Å². The Morgan fingerprint density at radius 3 is 2.30 bits per heavy atom. The number of ether oxygens (including phenoxy) is 1. The zero-order chi connectivity index (χ0) is 23.8. The molecule has 0 saturated carbocycles. The molecule has 2 aromatic carbocycles. The van der Waals surface area contributed by atoms with E-state index in [0.29, 0.717) is 37.5 Å². The molecule has 2 amide bonds. The molecule has 1 aliphatic heterocycles. The zero-order valence-corrected chi connectivity index (χ0v) is 20.6. The molecule has 0 aliphatic carbocycles. The van der Waals surface area contributed by atoms with Crippen LogP contribution < -0.4 is 4.90 Å². The number of amides is 2. The van der Waals surface area contributed by atoms with Gasteiger partial charge in [-0.15, -0.1) is 11.6 Å². The van der Waals surface area contributed by atoms with Crippen LogP contribution in [0.5, 0.6) is 0 Å². The number of nitrogens with zero attached hydrogens (tertiary/aromatic N) is 3. The van der Waals surface area contributed by atoms with E-state index in [-0.39, 0.29) is 23.8 Å². The number of halogens is 1. The van der Waals surface area contributed by atoms with E-state index < -0.39 is 0 Å². The number of anilines is 1. The summed E-state index contributed by atoms with van der Waals surface area (Å²) >= 11 is 5.80. The lowest BCUT2D eigenvalue weighted by Crippen LogP contribution is -2.48. The summed E-state index contributed by atoms with van der Waals surface area (Å²) in [5, 5.41) is 0. The van der Waals surface area contributed by atoms with Gasteiger partial charge in [0.2, 0.25) is 5.91 Å². The number of hydrogen-bond donors (Lipinski definition) is 0. The van der Waals surface area contributed by atoms with E-state index in [1.165, 1.54) is 11.1 Å². The van der Waals surface area contributed by atoms with Crippen molar-refractivity contribution in [3.63, 3.8) is 0 Å². The molecular formula is C26H34ClN3O3. The molecule has 6 nitrogen and oxygen atoms in total. The molecule has 0 radical (unpaired) electrons. The van der Waals surface area contributed by atoms with Crippen LogP contribution in [0, 0.1) is 6.92 Å². The lowest BCUT2D eigenvalue weighted by atomic mass is 10.1. The van der Waals surface area contributed by atoms with Crippen LogP contribution in [0.1, 0.15) is 35.3 Å². The summed E-state index contributed by atoms with van der Waals surface area (Å²) in [4.78, 5) is 31.2. The molecule has 1 fully saturated rings. The van der Waals surface area contributed by atoms with Crippen molar-refractivity contribution in [2.75, 3.05) is 50.1 Å². The Morgan fingerprint density at radius 2 is 1.70 bits per heavy atom. The highest BCUT2D eigenvalue weighted by molar-refractivity contribution is 6.29. The smallest absolute Gasteiger partial charge is 0.253 e. The molecule has 3 rings (SSSR count). The fraction of sp³-hybridized carbons (Fsp3) is 0.462. The number of hydrogen-bond acceptors (Lipinski definition) is 4. The average Bonchev–Trinajstić information content (AvgIpc) is 2.83. The van der Waals surface area contributed by atoms with Gasteiger partial charge in [0.15, 0.2) is 0 Å². The third kappa shape index (κ3) is 7.03. The first-order chi connectivity index (χ1) is 15.9. The Balaban J connectivity index is 1.57. The normalized spacial score (nSPS) is 14.5. The molecule has 0 spiro atoms.